The first-order valence-corrected chi connectivity index (χ1v) is 5.26. The summed E-state index contributed by atoms with van der Waals surface area (Å²) in [5, 5.41) is 8.60. The Bertz CT molecular complexity index is 671. The maximum atomic E-state index is 11.3. The quantitative estimate of drug-likeness (QED) is 0.639. The molecule has 0 aliphatic heterocycles. The van der Waals surface area contributed by atoms with Crippen molar-refractivity contribution in [1.82, 2.24) is 15.4 Å². The molecule has 0 radical (unpaired) electrons. The summed E-state index contributed by atoms with van der Waals surface area (Å²) in [6.45, 7) is 0. The van der Waals surface area contributed by atoms with Gasteiger partial charge in [0.05, 0.1) is 5.39 Å². The smallest absolute Gasteiger partial charge is 0.282 e. The zero-order valence-corrected chi connectivity index (χ0v) is 8.02. The number of fused-ring (bicyclic) bond motifs is 1. The van der Waals surface area contributed by atoms with Gasteiger partial charge in [0, 0.05) is 0 Å². The van der Waals surface area contributed by atoms with Gasteiger partial charge in [0.2, 0.25) is 0 Å². The van der Waals surface area contributed by atoms with Gasteiger partial charge in [-0.05, 0) is 12.1 Å². The minimum atomic E-state index is -4.44. The van der Waals surface area contributed by atoms with Crippen LogP contribution in [0.2, 0.25) is 0 Å². The summed E-state index contributed by atoms with van der Waals surface area (Å²) in [5.41, 5.74) is -0.609. The first-order valence-electron chi connectivity index (χ1n) is 3.82. The van der Waals surface area contributed by atoms with Crippen molar-refractivity contribution >= 4 is 21.0 Å². The molecule has 0 spiro atoms. The molecule has 15 heavy (non-hydrogen) atoms. The number of benzene rings is 1. The van der Waals surface area contributed by atoms with Crippen LogP contribution in [0.25, 0.3) is 10.9 Å². The molecule has 8 heteroatoms. The molecule has 0 amide bonds. The molecule has 2 N–H and O–H groups in total. The third kappa shape index (κ3) is 1.60. The number of aromatic amines is 1. The second-order valence-corrected chi connectivity index (χ2v) is 4.16. The normalized spacial score (nSPS) is 11.8. The number of rotatable bonds is 1. The molecule has 2 rings (SSSR count). The first kappa shape index (κ1) is 9.74. The monoisotopic (exact) mass is 227 g/mol. The van der Waals surface area contributed by atoms with Crippen molar-refractivity contribution in [2.75, 3.05) is 0 Å². The van der Waals surface area contributed by atoms with Crippen LogP contribution in [0.1, 0.15) is 0 Å². The molecule has 0 atom stereocenters. The summed E-state index contributed by atoms with van der Waals surface area (Å²) in [5.74, 6) is 0. The molecule has 0 aliphatic carbocycles. The molecular formula is C7H5N3O4S. The van der Waals surface area contributed by atoms with E-state index in [9.17, 15) is 13.2 Å². The molecule has 1 heterocycles. The van der Waals surface area contributed by atoms with Crippen molar-refractivity contribution in [3.05, 3.63) is 28.6 Å². The minimum absolute atomic E-state index is 0.105. The Balaban J connectivity index is 3.06. The Hall–Kier alpha value is -1.80. The van der Waals surface area contributed by atoms with Crippen LogP contribution in [0, 0.1) is 0 Å². The minimum Gasteiger partial charge on any atom is -0.282 e. The number of hydrogen-bond donors (Lipinski definition) is 2. The Kier molecular flexibility index (Phi) is 2.02. The second-order valence-electron chi connectivity index (χ2n) is 2.77. The van der Waals surface area contributed by atoms with E-state index >= 15 is 0 Å². The maximum Gasteiger partial charge on any atom is 0.295 e. The van der Waals surface area contributed by atoms with Gasteiger partial charge in [-0.25, -0.2) is 5.10 Å². The predicted molar refractivity (Wildman–Crippen MR) is 50.0 cm³/mol. The molecule has 2 aromatic rings. The molecule has 1 aromatic carbocycles. The van der Waals surface area contributed by atoms with E-state index in [1.807, 2.05) is 5.10 Å². The molecule has 0 unspecified atom stereocenters. The van der Waals surface area contributed by atoms with Gasteiger partial charge in [0.15, 0.2) is 0 Å². The van der Waals surface area contributed by atoms with Gasteiger partial charge in [0.1, 0.15) is 10.4 Å². The molecule has 78 valence electrons. The summed E-state index contributed by atoms with van der Waals surface area (Å²) in [6, 6.07) is 3.90. The Labute approximate surface area is 83.5 Å². The van der Waals surface area contributed by atoms with E-state index in [1.54, 1.807) is 0 Å². The highest BCUT2D eigenvalue weighted by molar-refractivity contribution is 7.86. The molecular weight excluding hydrogens is 222 g/mol. The number of nitrogens with zero attached hydrogens (tertiary/aromatic N) is 2. The fourth-order valence-electron chi connectivity index (χ4n) is 1.23. The summed E-state index contributed by atoms with van der Waals surface area (Å²) in [4.78, 5) is 10.8. The van der Waals surface area contributed by atoms with E-state index in [4.69, 9.17) is 4.55 Å². The first-order chi connectivity index (χ1) is 7.00. The van der Waals surface area contributed by atoms with Crippen LogP contribution in [-0.2, 0) is 10.1 Å². The lowest BCUT2D eigenvalue weighted by Gasteiger charge is -1.99. The second kappa shape index (κ2) is 3.11. The zero-order valence-electron chi connectivity index (χ0n) is 7.21. The fraction of sp³-hybridized carbons (Fsp3) is 0. The number of H-pyrrole nitrogens is 1. The van der Waals surface area contributed by atoms with Crippen molar-refractivity contribution in [1.29, 1.82) is 0 Å². The van der Waals surface area contributed by atoms with Gasteiger partial charge < -0.3 is 0 Å². The van der Waals surface area contributed by atoms with Crippen LogP contribution in [-0.4, -0.2) is 28.4 Å². The number of aromatic nitrogens is 3. The van der Waals surface area contributed by atoms with Crippen LogP contribution in [0.3, 0.4) is 0 Å². The van der Waals surface area contributed by atoms with Crippen LogP contribution < -0.4 is 5.56 Å². The lowest BCUT2D eigenvalue weighted by Crippen LogP contribution is -2.13. The van der Waals surface area contributed by atoms with Crippen molar-refractivity contribution < 1.29 is 13.0 Å². The van der Waals surface area contributed by atoms with Crippen LogP contribution in [0.15, 0.2) is 27.9 Å². The zero-order chi connectivity index (χ0) is 11.1. The van der Waals surface area contributed by atoms with Gasteiger partial charge in [-0.15, -0.1) is 5.10 Å². The van der Waals surface area contributed by atoms with E-state index in [-0.39, 0.29) is 10.9 Å². The van der Waals surface area contributed by atoms with Crippen molar-refractivity contribution in [3.8, 4) is 0 Å². The number of nitrogens with one attached hydrogen (secondary N) is 1. The molecule has 0 saturated carbocycles. The third-order valence-electron chi connectivity index (χ3n) is 1.82. The van der Waals surface area contributed by atoms with E-state index in [0.717, 1.165) is 6.07 Å². The molecule has 0 aliphatic rings. The van der Waals surface area contributed by atoms with Gasteiger partial charge in [-0.2, -0.15) is 8.42 Å². The van der Waals surface area contributed by atoms with Gasteiger partial charge in [0.25, 0.3) is 15.7 Å². The van der Waals surface area contributed by atoms with E-state index < -0.39 is 20.6 Å². The Morgan fingerprint density at radius 2 is 2.07 bits per heavy atom. The van der Waals surface area contributed by atoms with Crippen LogP contribution in [0.5, 0.6) is 0 Å². The van der Waals surface area contributed by atoms with E-state index in [1.165, 1.54) is 12.1 Å². The SMILES string of the molecule is O=c1[nH]nnc2cccc(S(=O)(=O)O)c12. The van der Waals surface area contributed by atoms with Crippen molar-refractivity contribution in [3.63, 3.8) is 0 Å². The van der Waals surface area contributed by atoms with Crippen LogP contribution in [0.4, 0.5) is 0 Å². The highest BCUT2D eigenvalue weighted by atomic mass is 32.2. The summed E-state index contributed by atoms with van der Waals surface area (Å²) < 4.78 is 30.8. The topological polar surface area (TPSA) is 113 Å². The molecule has 7 nitrogen and oxygen atoms in total. The van der Waals surface area contributed by atoms with Gasteiger partial charge >= 0.3 is 0 Å². The van der Waals surface area contributed by atoms with E-state index in [2.05, 4.69) is 10.3 Å². The summed E-state index contributed by atoms with van der Waals surface area (Å²) >= 11 is 0. The molecule has 1 aromatic heterocycles. The predicted octanol–water partition coefficient (Wildman–Crippen LogP) is -0.435. The van der Waals surface area contributed by atoms with Gasteiger partial charge in [-0.1, -0.05) is 11.3 Å². The largest absolute Gasteiger partial charge is 0.295 e. The average molecular weight is 227 g/mol. The standard InChI is InChI=1S/C7H5N3O4S/c11-7-6-4(8-10-9-7)2-1-3-5(6)15(12,13)14/h1-3H,(H,8,9,11)(H,12,13,14). The molecule has 0 bridgehead atoms. The average Bonchev–Trinajstić information content (AvgIpc) is 2.16. The highest BCUT2D eigenvalue weighted by Gasteiger charge is 2.16. The van der Waals surface area contributed by atoms with Crippen molar-refractivity contribution in [2.45, 2.75) is 4.90 Å². The highest BCUT2D eigenvalue weighted by Crippen LogP contribution is 2.16. The Morgan fingerprint density at radius 3 is 2.73 bits per heavy atom. The molecule has 0 saturated heterocycles. The van der Waals surface area contributed by atoms with E-state index in [0.29, 0.717) is 0 Å². The van der Waals surface area contributed by atoms with Crippen molar-refractivity contribution in [2.24, 2.45) is 0 Å². The Morgan fingerprint density at radius 1 is 1.33 bits per heavy atom. The maximum absolute atomic E-state index is 11.3. The lowest BCUT2D eigenvalue weighted by molar-refractivity contribution is 0.484. The summed E-state index contributed by atoms with van der Waals surface area (Å²) in [7, 11) is -4.44. The summed E-state index contributed by atoms with van der Waals surface area (Å²) in [6.07, 6.45) is 0. The lowest BCUT2D eigenvalue weighted by atomic mass is 10.2. The van der Waals surface area contributed by atoms with Gasteiger partial charge in [-0.3, -0.25) is 9.35 Å². The van der Waals surface area contributed by atoms with Crippen LogP contribution >= 0.6 is 0 Å². The molecule has 0 fully saturated rings. The third-order valence-corrected chi connectivity index (χ3v) is 2.71. The fourth-order valence-corrected chi connectivity index (χ4v) is 1.93. The number of hydrogen-bond acceptors (Lipinski definition) is 5.